The van der Waals surface area contributed by atoms with Crippen molar-refractivity contribution in [3.8, 4) is 0 Å². The SMILES string of the molecule is CC(C)C(CCO)NC1CC2CC1C1CCCC21. The maximum atomic E-state index is 9.20. The van der Waals surface area contributed by atoms with Crippen molar-refractivity contribution in [2.45, 2.75) is 64.5 Å². The highest BCUT2D eigenvalue weighted by Crippen LogP contribution is 2.58. The minimum absolute atomic E-state index is 0.322. The summed E-state index contributed by atoms with van der Waals surface area (Å²) in [6, 6.07) is 1.27. The van der Waals surface area contributed by atoms with Gasteiger partial charge in [0.05, 0.1) is 0 Å². The summed E-state index contributed by atoms with van der Waals surface area (Å²) in [6.45, 7) is 4.88. The molecule has 104 valence electrons. The monoisotopic (exact) mass is 251 g/mol. The van der Waals surface area contributed by atoms with Gasteiger partial charge in [0.2, 0.25) is 0 Å². The van der Waals surface area contributed by atoms with E-state index in [0.29, 0.717) is 18.6 Å². The molecule has 3 fully saturated rings. The van der Waals surface area contributed by atoms with Crippen LogP contribution in [0.3, 0.4) is 0 Å². The van der Waals surface area contributed by atoms with Gasteiger partial charge < -0.3 is 10.4 Å². The molecule has 0 amide bonds. The number of aliphatic hydroxyl groups is 1. The number of hydrogen-bond acceptors (Lipinski definition) is 2. The topological polar surface area (TPSA) is 32.3 Å². The third-order valence-corrected chi connectivity index (χ3v) is 6.10. The van der Waals surface area contributed by atoms with Crippen molar-refractivity contribution in [3.63, 3.8) is 0 Å². The molecule has 18 heavy (non-hydrogen) atoms. The van der Waals surface area contributed by atoms with Gasteiger partial charge in [-0.3, -0.25) is 0 Å². The molecule has 3 saturated carbocycles. The summed E-state index contributed by atoms with van der Waals surface area (Å²) in [5, 5.41) is 13.1. The Bertz CT molecular complexity index is 291. The zero-order valence-electron chi connectivity index (χ0n) is 11.9. The fourth-order valence-electron chi connectivity index (χ4n) is 5.28. The maximum Gasteiger partial charge on any atom is 0.0445 e. The Kier molecular flexibility index (Phi) is 3.68. The second-order valence-electron chi connectivity index (χ2n) is 7.29. The molecule has 2 heteroatoms. The lowest BCUT2D eigenvalue weighted by Crippen LogP contribution is -2.47. The molecule has 2 nitrogen and oxygen atoms in total. The second kappa shape index (κ2) is 5.13. The van der Waals surface area contributed by atoms with Gasteiger partial charge in [-0.2, -0.15) is 0 Å². The fraction of sp³-hybridized carbons (Fsp3) is 1.00. The molecule has 2 N–H and O–H groups in total. The third-order valence-electron chi connectivity index (χ3n) is 6.10. The minimum Gasteiger partial charge on any atom is -0.396 e. The van der Waals surface area contributed by atoms with Crippen LogP contribution in [0.2, 0.25) is 0 Å². The van der Waals surface area contributed by atoms with E-state index in [-0.39, 0.29) is 0 Å². The van der Waals surface area contributed by atoms with Crippen LogP contribution in [0.5, 0.6) is 0 Å². The fourth-order valence-corrected chi connectivity index (χ4v) is 5.28. The Morgan fingerprint density at radius 1 is 1.11 bits per heavy atom. The van der Waals surface area contributed by atoms with Crippen molar-refractivity contribution < 1.29 is 5.11 Å². The first-order valence-electron chi connectivity index (χ1n) is 8.07. The lowest BCUT2D eigenvalue weighted by molar-refractivity contribution is 0.172. The maximum absolute atomic E-state index is 9.20. The van der Waals surface area contributed by atoms with E-state index in [0.717, 1.165) is 36.1 Å². The normalized spacial score (nSPS) is 43.7. The molecule has 6 atom stereocenters. The van der Waals surface area contributed by atoms with E-state index >= 15 is 0 Å². The van der Waals surface area contributed by atoms with E-state index in [4.69, 9.17) is 0 Å². The van der Waals surface area contributed by atoms with Crippen LogP contribution in [-0.2, 0) is 0 Å². The molecule has 3 rings (SSSR count). The van der Waals surface area contributed by atoms with Crippen LogP contribution in [0, 0.1) is 29.6 Å². The standard InChI is InChI=1S/C16H29NO/c1-10(2)15(6-7-18)17-16-9-11-8-14(16)13-5-3-4-12(11)13/h10-18H,3-9H2,1-2H3. The lowest BCUT2D eigenvalue weighted by Gasteiger charge is -2.36. The molecule has 0 heterocycles. The van der Waals surface area contributed by atoms with Crippen LogP contribution in [-0.4, -0.2) is 23.8 Å². The Morgan fingerprint density at radius 3 is 2.61 bits per heavy atom. The van der Waals surface area contributed by atoms with Gasteiger partial charge in [0.1, 0.15) is 0 Å². The molecule has 3 aliphatic rings. The number of aliphatic hydroxyl groups excluding tert-OH is 1. The number of fused-ring (bicyclic) bond motifs is 5. The van der Waals surface area contributed by atoms with E-state index < -0.39 is 0 Å². The van der Waals surface area contributed by atoms with Crippen molar-refractivity contribution in [3.05, 3.63) is 0 Å². The average Bonchev–Trinajstić information content (AvgIpc) is 2.99. The molecule has 2 bridgehead atoms. The summed E-state index contributed by atoms with van der Waals surface area (Å²) in [5.74, 6) is 4.76. The van der Waals surface area contributed by atoms with Crippen LogP contribution in [0.1, 0.15) is 52.4 Å². The van der Waals surface area contributed by atoms with Gasteiger partial charge in [-0.25, -0.2) is 0 Å². The van der Waals surface area contributed by atoms with Gasteiger partial charge in [0.15, 0.2) is 0 Å². The first-order valence-corrected chi connectivity index (χ1v) is 8.07. The van der Waals surface area contributed by atoms with E-state index in [1.807, 2.05) is 0 Å². The Labute approximate surface area is 112 Å². The molecule has 3 aliphatic carbocycles. The van der Waals surface area contributed by atoms with Crippen LogP contribution in [0.4, 0.5) is 0 Å². The summed E-state index contributed by atoms with van der Waals surface area (Å²) in [7, 11) is 0. The largest absolute Gasteiger partial charge is 0.396 e. The smallest absolute Gasteiger partial charge is 0.0445 e. The summed E-state index contributed by atoms with van der Waals surface area (Å²) in [5.41, 5.74) is 0. The van der Waals surface area contributed by atoms with Crippen molar-refractivity contribution in [2.75, 3.05) is 6.61 Å². The van der Waals surface area contributed by atoms with Crippen LogP contribution < -0.4 is 5.32 Å². The lowest BCUT2D eigenvalue weighted by atomic mass is 9.78. The van der Waals surface area contributed by atoms with E-state index in [9.17, 15) is 5.11 Å². The Morgan fingerprint density at radius 2 is 1.89 bits per heavy atom. The van der Waals surface area contributed by atoms with Gasteiger partial charge in [-0.15, -0.1) is 0 Å². The molecular formula is C16H29NO. The summed E-state index contributed by atoms with van der Waals surface area (Å²) in [4.78, 5) is 0. The van der Waals surface area contributed by atoms with Crippen LogP contribution in [0.15, 0.2) is 0 Å². The molecule has 0 saturated heterocycles. The van der Waals surface area contributed by atoms with Crippen molar-refractivity contribution in [1.29, 1.82) is 0 Å². The zero-order valence-corrected chi connectivity index (χ0v) is 11.9. The van der Waals surface area contributed by atoms with E-state index in [1.165, 1.54) is 32.1 Å². The molecule has 6 unspecified atom stereocenters. The number of rotatable bonds is 5. The average molecular weight is 251 g/mol. The quantitative estimate of drug-likeness (QED) is 0.787. The van der Waals surface area contributed by atoms with Crippen LogP contribution in [0.25, 0.3) is 0 Å². The highest BCUT2D eigenvalue weighted by atomic mass is 16.3. The molecule has 0 aromatic heterocycles. The van der Waals surface area contributed by atoms with E-state index in [1.54, 1.807) is 0 Å². The Balaban J connectivity index is 1.61. The molecule has 0 aromatic carbocycles. The number of nitrogens with one attached hydrogen (secondary N) is 1. The van der Waals surface area contributed by atoms with Crippen molar-refractivity contribution in [2.24, 2.45) is 29.6 Å². The molecule has 0 aliphatic heterocycles. The van der Waals surface area contributed by atoms with Gasteiger partial charge in [0, 0.05) is 18.7 Å². The van der Waals surface area contributed by atoms with Gasteiger partial charge in [-0.05, 0) is 61.7 Å². The van der Waals surface area contributed by atoms with Gasteiger partial charge in [-0.1, -0.05) is 20.3 Å². The van der Waals surface area contributed by atoms with Gasteiger partial charge >= 0.3 is 0 Å². The van der Waals surface area contributed by atoms with Crippen LogP contribution >= 0.6 is 0 Å². The summed E-state index contributed by atoms with van der Waals surface area (Å²) >= 11 is 0. The first-order chi connectivity index (χ1) is 8.70. The molecule has 0 radical (unpaired) electrons. The van der Waals surface area contributed by atoms with Crippen molar-refractivity contribution >= 4 is 0 Å². The molecular weight excluding hydrogens is 222 g/mol. The highest BCUT2D eigenvalue weighted by molar-refractivity contribution is 5.06. The van der Waals surface area contributed by atoms with Crippen molar-refractivity contribution in [1.82, 2.24) is 5.32 Å². The summed E-state index contributed by atoms with van der Waals surface area (Å²) < 4.78 is 0. The van der Waals surface area contributed by atoms with Gasteiger partial charge in [0.25, 0.3) is 0 Å². The minimum atomic E-state index is 0.322. The molecule has 0 spiro atoms. The third kappa shape index (κ3) is 2.12. The predicted octanol–water partition coefficient (Wildman–Crippen LogP) is 2.81. The number of hydrogen-bond donors (Lipinski definition) is 2. The second-order valence-corrected chi connectivity index (χ2v) is 7.29. The zero-order chi connectivity index (χ0) is 12.7. The Hall–Kier alpha value is -0.0800. The molecule has 0 aromatic rings. The first kappa shape index (κ1) is 12.9. The van der Waals surface area contributed by atoms with E-state index in [2.05, 4.69) is 19.2 Å². The predicted molar refractivity (Wildman–Crippen MR) is 74.3 cm³/mol. The summed E-state index contributed by atoms with van der Waals surface area (Å²) in [6.07, 6.45) is 8.33. The highest BCUT2D eigenvalue weighted by Gasteiger charge is 2.53.